The van der Waals surface area contributed by atoms with E-state index in [1.54, 1.807) is 0 Å². The van der Waals surface area contributed by atoms with E-state index in [9.17, 15) is 0 Å². The Bertz CT molecular complexity index is 547. The summed E-state index contributed by atoms with van der Waals surface area (Å²) >= 11 is 0. The molecule has 2 aromatic carbocycles. The lowest BCUT2D eigenvalue weighted by Crippen LogP contribution is -2.34. The molecule has 0 bridgehead atoms. The van der Waals surface area contributed by atoms with Gasteiger partial charge in [-0.2, -0.15) is 0 Å². The minimum absolute atomic E-state index is 0.166. The number of nitrogens with zero attached hydrogens (tertiary/aromatic N) is 1. The van der Waals surface area contributed by atoms with Gasteiger partial charge in [0.05, 0.1) is 0 Å². The summed E-state index contributed by atoms with van der Waals surface area (Å²) in [5, 5.41) is 0. The van der Waals surface area contributed by atoms with Gasteiger partial charge in [-0.1, -0.05) is 50.2 Å². The van der Waals surface area contributed by atoms with Gasteiger partial charge in [0, 0.05) is 23.8 Å². The van der Waals surface area contributed by atoms with Gasteiger partial charge in [-0.25, -0.2) is 0 Å². The third-order valence-electron chi connectivity index (χ3n) is 4.77. The number of rotatable bonds is 2. The van der Waals surface area contributed by atoms with Gasteiger partial charge >= 0.3 is 0 Å². The molecular formula is C18H21N. The molecule has 0 aromatic heterocycles. The predicted octanol–water partition coefficient (Wildman–Crippen LogP) is 4.87. The van der Waals surface area contributed by atoms with Gasteiger partial charge < -0.3 is 4.90 Å². The Hall–Kier alpha value is -1.76. The summed E-state index contributed by atoms with van der Waals surface area (Å²) in [5.74, 6) is 0. The second-order valence-electron chi connectivity index (χ2n) is 5.38. The van der Waals surface area contributed by atoms with Crippen LogP contribution in [0.5, 0.6) is 0 Å². The molecule has 98 valence electrons. The number of fused-ring (bicyclic) bond motifs is 2. The predicted molar refractivity (Wildman–Crippen MR) is 82.3 cm³/mol. The van der Waals surface area contributed by atoms with Crippen LogP contribution in [0.4, 0.5) is 11.4 Å². The third-order valence-corrected chi connectivity index (χ3v) is 4.77. The molecule has 1 nitrogen and oxygen atoms in total. The highest BCUT2D eigenvalue weighted by molar-refractivity contribution is 5.77. The zero-order chi connectivity index (χ0) is 13.5. The van der Waals surface area contributed by atoms with Crippen LogP contribution in [0, 0.1) is 0 Å². The zero-order valence-corrected chi connectivity index (χ0v) is 12.0. The highest BCUT2D eigenvalue weighted by atomic mass is 15.1. The maximum atomic E-state index is 2.33. The van der Waals surface area contributed by atoms with Crippen LogP contribution in [0.2, 0.25) is 0 Å². The van der Waals surface area contributed by atoms with E-state index in [0.717, 1.165) is 12.8 Å². The summed E-state index contributed by atoms with van der Waals surface area (Å²) in [7, 11) is 2.17. The summed E-state index contributed by atoms with van der Waals surface area (Å²) in [4.78, 5) is 2.33. The molecule has 1 heteroatoms. The SMILES string of the molecule is CCC1(CC)c2ccccc2N(C)c2ccccc21. The number of hydrogen-bond donors (Lipinski definition) is 0. The number of benzene rings is 2. The molecule has 0 amide bonds. The summed E-state index contributed by atoms with van der Waals surface area (Å²) < 4.78 is 0. The normalized spacial score (nSPS) is 15.8. The molecule has 0 spiro atoms. The van der Waals surface area contributed by atoms with E-state index >= 15 is 0 Å². The molecule has 0 saturated carbocycles. The lowest BCUT2D eigenvalue weighted by atomic mass is 9.67. The molecular weight excluding hydrogens is 230 g/mol. The van der Waals surface area contributed by atoms with Crippen molar-refractivity contribution in [3.8, 4) is 0 Å². The minimum atomic E-state index is 0.166. The number of para-hydroxylation sites is 2. The van der Waals surface area contributed by atoms with Crippen LogP contribution in [-0.4, -0.2) is 7.05 Å². The van der Waals surface area contributed by atoms with Crippen LogP contribution in [0.15, 0.2) is 48.5 Å². The van der Waals surface area contributed by atoms with E-state index < -0.39 is 0 Å². The Labute approximate surface area is 115 Å². The second-order valence-corrected chi connectivity index (χ2v) is 5.38. The fourth-order valence-corrected chi connectivity index (χ4v) is 3.63. The van der Waals surface area contributed by atoms with Crippen molar-refractivity contribution in [1.82, 2.24) is 0 Å². The average Bonchev–Trinajstić information content (AvgIpc) is 2.49. The quantitative estimate of drug-likeness (QED) is 0.735. The Morgan fingerprint density at radius 2 is 1.21 bits per heavy atom. The Kier molecular flexibility index (Phi) is 2.85. The first-order valence-electron chi connectivity index (χ1n) is 7.17. The maximum absolute atomic E-state index is 2.33. The van der Waals surface area contributed by atoms with Crippen LogP contribution in [0.3, 0.4) is 0 Å². The fraction of sp³-hybridized carbons (Fsp3) is 0.333. The molecule has 0 saturated heterocycles. The van der Waals surface area contributed by atoms with Crippen LogP contribution in [0.1, 0.15) is 37.8 Å². The van der Waals surface area contributed by atoms with Crippen LogP contribution >= 0.6 is 0 Å². The highest BCUT2D eigenvalue weighted by Gasteiger charge is 2.39. The molecule has 19 heavy (non-hydrogen) atoms. The van der Waals surface area contributed by atoms with Crippen molar-refractivity contribution in [2.24, 2.45) is 0 Å². The van der Waals surface area contributed by atoms with Crippen molar-refractivity contribution in [2.45, 2.75) is 32.1 Å². The minimum Gasteiger partial charge on any atom is -0.344 e. The summed E-state index contributed by atoms with van der Waals surface area (Å²) in [5.41, 5.74) is 5.82. The second kappa shape index (κ2) is 4.41. The topological polar surface area (TPSA) is 3.24 Å². The third kappa shape index (κ3) is 1.54. The summed E-state index contributed by atoms with van der Waals surface area (Å²) in [6.07, 6.45) is 2.29. The van der Waals surface area contributed by atoms with E-state index in [-0.39, 0.29) is 5.41 Å². The first-order chi connectivity index (χ1) is 9.24. The van der Waals surface area contributed by atoms with Gasteiger partial charge in [0.15, 0.2) is 0 Å². The molecule has 0 N–H and O–H groups in total. The van der Waals surface area contributed by atoms with Gasteiger partial charge in [0.2, 0.25) is 0 Å². The van der Waals surface area contributed by atoms with Crippen molar-refractivity contribution in [1.29, 1.82) is 0 Å². The highest BCUT2D eigenvalue weighted by Crippen LogP contribution is 2.51. The van der Waals surface area contributed by atoms with Crippen molar-refractivity contribution >= 4 is 11.4 Å². The molecule has 3 rings (SSSR count). The van der Waals surface area contributed by atoms with E-state index in [1.807, 2.05) is 0 Å². The zero-order valence-electron chi connectivity index (χ0n) is 12.0. The van der Waals surface area contributed by atoms with E-state index in [4.69, 9.17) is 0 Å². The Morgan fingerprint density at radius 1 is 0.789 bits per heavy atom. The van der Waals surface area contributed by atoms with E-state index in [2.05, 4.69) is 74.3 Å². The molecule has 0 radical (unpaired) electrons. The fourth-order valence-electron chi connectivity index (χ4n) is 3.63. The van der Waals surface area contributed by atoms with Crippen LogP contribution in [-0.2, 0) is 5.41 Å². The number of hydrogen-bond acceptors (Lipinski definition) is 1. The standard InChI is InChI=1S/C18H21N/c1-4-18(5-2)14-10-6-8-12-16(14)19(3)17-13-9-7-11-15(17)18/h6-13H,4-5H2,1-3H3. The van der Waals surface area contributed by atoms with Gasteiger partial charge in [-0.3, -0.25) is 0 Å². The monoisotopic (exact) mass is 251 g/mol. The first kappa shape index (κ1) is 12.3. The van der Waals surface area contributed by atoms with Crippen molar-refractivity contribution in [2.75, 3.05) is 11.9 Å². The Balaban J connectivity index is 2.35. The van der Waals surface area contributed by atoms with Crippen LogP contribution < -0.4 is 4.90 Å². The molecule has 0 fully saturated rings. The lowest BCUT2D eigenvalue weighted by Gasteiger charge is -2.43. The smallest absolute Gasteiger partial charge is 0.0449 e. The van der Waals surface area contributed by atoms with Crippen LogP contribution in [0.25, 0.3) is 0 Å². The first-order valence-corrected chi connectivity index (χ1v) is 7.17. The average molecular weight is 251 g/mol. The van der Waals surface area contributed by atoms with E-state index in [1.165, 1.54) is 22.5 Å². The molecule has 2 aromatic rings. The Morgan fingerprint density at radius 3 is 1.63 bits per heavy atom. The van der Waals surface area contributed by atoms with Crippen molar-refractivity contribution < 1.29 is 0 Å². The van der Waals surface area contributed by atoms with Gasteiger partial charge in [0.1, 0.15) is 0 Å². The number of anilines is 2. The molecule has 0 atom stereocenters. The molecule has 1 aliphatic rings. The van der Waals surface area contributed by atoms with Crippen molar-refractivity contribution in [3.63, 3.8) is 0 Å². The largest absolute Gasteiger partial charge is 0.344 e. The molecule has 0 unspecified atom stereocenters. The lowest BCUT2D eigenvalue weighted by molar-refractivity contribution is 0.473. The van der Waals surface area contributed by atoms with Gasteiger partial charge in [0.25, 0.3) is 0 Å². The summed E-state index contributed by atoms with van der Waals surface area (Å²) in [6.45, 7) is 4.62. The molecule has 1 heterocycles. The van der Waals surface area contributed by atoms with Gasteiger partial charge in [-0.05, 0) is 36.1 Å². The van der Waals surface area contributed by atoms with Gasteiger partial charge in [-0.15, -0.1) is 0 Å². The van der Waals surface area contributed by atoms with Crippen molar-refractivity contribution in [3.05, 3.63) is 59.7 Å². The summed E-state index contributed by atoms with van der Waals surface area (Å²) in [6, 6.07) is 17.7. The maximum Gasteiger partial charge on any atom is 0.0449 e. The molecule has 0 aliphatic carbocycles. The molecule has 1 aliphatic heterocycles. The van der Waals surface area contributed by atoms with E-state index in [0.29, 0.717) is 0 Å².